The summed E-state index contributed by atoms with van der Waals surface area (Å²) >= 11 is 0. The van der Waals surface area contributed by atoms with E-state index in [0.29, 0.717) is 11.4 Å². The molecule has 0 heterocycles. The van der Waals surface area contributed by atoms with Crippen LogP contribution in [-0.4, -0.2) is 24.4 Å². The van der Waals surface area contributed by atoms with Gasteiger partial charge in [-0.15, -0.1) is 0 Å². The smallest absolute Gasteiger partial charge is 0.148 e. The Morgan fingerprint density at radius 2 is 2.24 bits per heavy atom. The van der Waals surface area contributed by atoms with Gasteiger partial charge in [-0.3, -0.25) is 0 Å². The van der Waals surface area contributed by atoms with Gasteiger partial charge in [-0.05, 0) is 19.3 Å². The molecule has 0 amide bonds. The summed E-state index contributed by atoms with van der Waals surface area (Å²) in [5, 5.41) is 12.4. The highest BCUT2D eigenvalue weighted by molar-refractivity contribution is 5.63. The number of hydrogen-bond acceptors (Lipinski definition) is 4. The molecule has 0 spiro atoms. The molecule has 4 nitrogen and oxygen atoms in total. The van der Waals surface area contributed by atoms with Crippen molar-refractivity contribution in [2.75, 3.05) is 24.8 Å². The number of nitrogen functional groups attached to an aromatic ring is 1. The quantitative estimate of drug-likeness (QED) is 0.701. The van der Waals surface area contributed by atoms with Gasteiger partial charge in [0, 0.05) is 12.1 Å². The second-order valence-corrected chi connectivity index (χ2v) is 4.49. The molecule has 1 aromatic rings. The summed E-state index contributed by atoms with van der Waals surface area (Å²) in [6, 6.07) is 2.76. The van der Waals surface area contributed by atoms with Gasteiger partial charge in [0.15, 0.2) is 0 Å². The number of anilines is 2. The normalized spacial score (nSPS) is 17.4. The predicted molar refractivity (Wildman–Crippen MR) is 64.7 cm³/mol. The van der Waals surface area contributed by atoms with E-state index < -0.39 is 5.82 Å². The molecule has 4 N–H and O–H groups in total. The highest BCUT2D eigenvalue weighted by Gasteiger charge is 2.36. The maximum Gasteiger partial charge on any atom is 0.148 e. The molecule has 0 aliphatic heterocycles. The van der Waals surface area contributed by atoms with Crippen LogP contribution in [0.25, 0.3) is 0 Å². The first-order valence-electron chi connectivity index (χ1n) is 5.62. The maximum absolute atomic E-state index is 13.7. The minimum Gasteiger partial charge on any atom is -0.495 e. The molecule has 5 heteroatoms. The molecule has 0 bridgehead atoms. The standard InChI is InChI=1S/C12H17FN2O2/c1-17-11-6-10(8(13)5-9(11)14)15-12(7-16)3-2-4-12/h5-6,15-16H,2-4,7,14H2,1H3. The number of nitrogens with two attached hydrogens (primary N) is 1. The first kappa shape index (κ1) is 12.0. The van der Waals surface area contributed by atoms with Gasteiger partial charge in [-0.25, -0.2) is 4.39 Å². The predicted octanol–water partition coefficient (Wildman–Crippen LogP) is 1.74. The van der Waals surface area contributed by atoms with Gasteiger partial charge >= 0.3 is 0 Å². The summed E-state index contributed by atoms with van der Waals surface area (Å²) in [7, 11) is 1.48. The van der Waals surface area contributed by atoms with Crippen molar-refractivity contribution in [1.82, 2.24) is 0 Å². The van der Waals surface area contributed by atoms with E-state index in [9.17, 15) is 9.50 Å². The Morgan fingerprint density at radius 1 is 1.53 bits per heavy atom. The van der Waals surface area contributed by atoms with Crippen molar-refractivity contribution in [1.29, 1.82) is 0 Å². The minimum atomic E-state index is -0.428. The summed E-state index contributed by atoms with van der Waals surface area (Å²) in [6.45, 7) is -0.000861. The Kier molecular flexibility index (Phi) is 3.11. The summed E-state index contributed by atoms with van der Waals surface area (Å²) in [4.78, 5) is 0. The topological polar surface area (TPSA) is 67.5 Å². The van der Waals surface area contributed by atoms with E-state index in [1.54, 1.807) is 0 Å². The number of halogens is 1. The van der Waals surface area contributed by atoms with Crippen LogP contribution in [0.4, 0.5) is 15.8 Å². The Labute approximate surface area is 99.6 Å². The number of methoxy groups -OCH3 is 1. The fourth-order valence-corrected chi connectivity index (χ4v) is 2.05. The van der Waals surface area contributed by atoms with Crippen LogP contribution in [0.5, 0.6) is 5.75 Å². The second kappa shape index (κ2) is 4.41. The Bertz CT molecular complexity index is 414. The minimum absolute atomic E-state index is 0.000861. The van der Waals surface area contributed by atoms with E-state index in [4.69, 9.17) is 10.5 Å². The van der Waals surface area contributed by atoms with Crippen LogP contribution in [0.3, 0.4) is 0 Å². The molecule has 0 saturated heterocycles. The van der Waals surface area contributed by atoms with Gasteiger partial charge in [-0.2, -0.15) is 0 Å². The van der Waals surface area contributed by atoms with Gasteiger partial charge in [0.2, 0.25) is 0 Å². The molecular formula is C12H17FN2O2. The van der Waals surface area contributed by atoms with E-state index in [1.165, 1.54) is 19.2 Å². The maximum atomic E-state index is 13.7. The number of rotatable bonds is 4. The number of hydrogen-bond donors (Lipinski definition) is 3. The van der Waals surface area contributed by atoms with Crippen molar-refractivity contribution < 1.29 is 14.2 Å². The van der Waals surface area contributed by atoms with Crippen LogP contribution >= 0.6 is 0 Å². The molecule has 94 valence electrons. The van der Waals surface area contributed by atoms with Crippen molar-refractivity contribution in [3.63, 3.8) is 0 Å². The molecule has 0 unspecified atom stereocenters. The zero-order chi connectivity index (χ0) is 12.5. The van der Waals surface area contributed by atoms with Gasteiger partial charge in [0.25, 0.3) is 0 Å². The number of aliphatic hydroxyl groups excluding tert-OH is 1. The lowest BCUT2D eigenvalue weighted by molar-refractivity contribution is 0.144. The average Bonchev–Trinajstić information content (AvgIpc) is 2.26. The lowest BCUT2D eigenvalue weighted by atomic mass is 9.77. The number of ether oxygens (including phenoxy) is 1. The van der Waals surface area contributed by atoms with Gasteiger partial charge < -0.3 is 20.9 Å². The Balaban J connectivity index is 2.26. The van der Waals surface area contributed by atoms with Crippen molar-refractivity contribution in [3.8, 4) is 5.75 Å². The van der Waals surface area contributed by atoms with Crippen molar-refractivity contribution in [2.24, 2.45) is 0 Å². The molecule has 1 aromatic carbocycles. The van der Waals surface area contributed by atoms with E-state index in [2.05, 4.69) is 5.32 Å². The van der Waals surface area contributed by atoms with Crippen molar-refractivity contribution >= 4 is 11.4 Å². The number of benzene rings is 1. The lowest BCUT2D eigenvalue weighted by Crippen LogP contribution is -2.48. The lowest BCUT2D eigenvalue weighted by Gasteiger charge is -2.42. The summed E-state index contributed by atoms with van der Waals surface area (Å²) in [5.74, 6) is 0.00402. The van der Waals surface area contributed by atoms with Crippen LogP contribution in [0.15, 0.2) is 12.1 Å². The fourth-order valence-electron chi connectivity index (χ4n) is 2.05. The molecule has 0 aromatic heterocycles. The molecule has 1 aliphatic rings. The molecule has 0 radical (unpaired) electrons. The average molecular weight is 240 g/mol. The van der Waals surface area contributed by atoms with Crippen LogP contribution in [0.2, 0.25) is 0 Å². The zero-order valence-electron chi connectivity index (χ0n) is 9.79. The van der Waals surface area contributed by atoms with E-state index in [1.807, 2.05) is 0 Å². The highest BCUT2D eigenvalue weighted by Crippen LogP contribution is 2.37. The monoisotopic (exact) mass is 240 g/mol. The van der Waals surface area contributed by atoms with Crippen LogP contribution < -0.4 is 15.8 Å². The Hall–Kier alpha value is -1.49. The van der Waals surface area contributed by atoms with E-state index >= 15 is 0 Å². The molecule has 1 saturated carbocycles. The first-order valence-corrected chi connectivity index (χ1v) is 5.62. The van der Waals surface area contributed by atoms with Gasteiger partial charge in [0.1, 0.15) is 11.6 Å². The summed E-state index contributed by atoms with van der Waals surface area (Å²) < 4.78 is 18.8. The molecule has 1 aliphatic carbocycles. The Morgan fingerprint density at radius 3 is 2.71 bits per heavy atom. The second-order valence-electron chi connectivity index (χ2n) is 4.49. The third-order valence-corrected chi connectivity index (χ3v) is 3.33. The molecular weight excluding hydrogens is 223 g/mol. The molecule has 2 rings (SSSR count). The van der Waals surface area contributed by atoms with Crippen LogP contribution in [0.1, 0.15) is 19.3 Å². The third-order valence-electron chi connectivity index (χ3n) is 3.33. The molecule has 17 heavy (non-hydrogen) atoms. The van der Waals surface area contributed by atoms with Gasteiger partial charge in [-0.1, -0.05) is 0 Å². The number of aliphatic hydroxyl groups is 1. The first-order chi connectivity index (χ1) is 8.10. The number of nitrogens with one attached hydrogen (secondary N) is 1. The van der Waals surface area contributed by atoms with E-state index in [-0.39, 0.29) is 17.8 Å². The van der Waals surface area contributed by atoms with Crippen LogP contribution in [-0.2, 0) is 0 Å². The summed E-state index contributed by atoms with van der Waals surface area (Å²) in [5.41, 5.74) is 5.80. The molecule has 0 atom stereocenters. The van der Waals surface area contributed by atoms with Crippen molar-refractivity contribution in [2.45, 2.75) is 24.8 Å². The summed E-state index contributed by atoms with van der Waals surface area (Å²) in [6.07, 6.45) is 2.73. The third kappa shape index (κ3) is 2.15. The largest absolute Gasteiger partial charge is 0.495 e. The van der Waals surface area contributed by atoms with E-state index in [0.717, 1.165) is 19.3 Å². The van der Waals surface area contributed by atoms with Gasteiger partial charge in [0.05, 0.1) is 30.6 Å². The fraction of sp³-hybridized carbons (Fsp3) is 0.500. The zero-order valence-corrected chi connectivity index (χ0v) is 9.79. The van der Waals surface area contributed by atoms with Crippen LogP contribution in [0, 0.1) is 5.82 Å². The highest BCUT2D eigenvalue weighted by atomic mass is 19.1. The molecule has 1 fully saturated rings. The SMILES string of the molecule is COc1cc(NC2(CO)CCC2)c(F)cc1N. The van der Waals surface area contributed by atoms with Crippen molar-refractivity contribution in [3.05, 3.63) is 17.9 Å².